The second-order valence-electron chi connectivity index (χ2n) is 5.77. The van der Waals surface area contributed by atoms with E-state index in [0.29, 0.717) is 37.7 Å². The van der Waals surface area contributed by atoms with Crippen molar-refractivity contribution in [3.8, 4) is 0 Å². The third-order valence-corrected chi connectivity index (χ3v) is 4.07. The molecule has 7 nitrogen and oxygen atoms in total. The van der Waals surface area contributed by atoms with Crippen molar-refractivity contribution in [2.24, 2.45) is 0 Å². The first kappa shape index (κ1) is 16.9. The van der Waals surface area contributed by atoms with Gasteiger partial charge in [0.2, 0.25) is 5.95 Å². The maximum Gasteiger partial charge on any atom is 0.338 e. The molecule has 1 aromatic carbocycles. The standard InChI is InChI=1S/C18H20N4O3/c1-14(25-17(24)15-6-3-2-4-7-15)16(23)21-10-12-22(13-11-21)18-19-8-5-9-20-18/h2-9,14H,10-13H2,1H3/t14-/m0/s1. The van der Waals surface area contributed by atoms with Crippen LogP contribution in [0.2, 0.25) is 0 Å². The van der Waals surface area contributed by atoms with Gasteiger partial charge in [-0.1, -0.05) is 18.2 Å². The number of hydrogen-bond acceptors (Lipinski definition) is 6. The monoisotopic (exact) mass is 340 g/mol. The fraction of sp³-hybridized carbons (Fsp3) is 0.333. The van der Waals surface area contributed by atoms with E-state index in [1.807, 2.05) is 11.0 Å². The van der Waals surface area contributed by atoms with E-state index in [1.165, 1.54) is 0 Å². The van der Waals surface area contributed by atoms with Gasteiger partial charge in [0.05, 0.1) is 5.56 Å². The van der Waals surface area contributed by atoms with Crippen molar-refractivity contribution in [2.45, 2.75) is 13.0 Å². The molecule has 1 aliphatic heterocycles. The second-order valence-corrected chi connectivity index (χ2v) is 5.77. The Labute approximate surface area is 146 Å². The van der Waals surface area contributed by atoms with E-state index in [4.69, 9.17) is 4.74 Å². The summed E-state index contributed by atoms with van der Waals surface area (Å²) in [5.74, 6) is -0.00571. The van der Waals surface area contributed by atoms with Crippen LogP contribution in [0.4, 0.5) is 5.95 Å². The zero-order valence-corrected chi connectivity index (χ0v) is 14.0. The Balaban J connectivity index is 1.53. The lowest BCUT2D eigenvalue weighted by molar-refractivity contribution is -0.140. The minimum absolute atomic E-state index is 0.182. The molecule has 1 aliphatic rings. The fourth-order valence-corrected chi connectivity index (χ4v) is 2.69. The molecular formula is C18H20N4O3. The zero-order valence-electron chi connectivity index (χ0n) is 14.0. The molecule has 0 N–H and O–H groups in total. The summed E-state index contributed by atoms with van der Waals surface area (Å²) >= 11 is 0. The van der Waals surface area contributed by atoms with E-state index in [0.717, 1.165) is 0 Å². The summed E-state index contributed by atoms with van der Waals surface area (Å²) in [4.78, 5) is 36.8. The van der Waals surface area contributed by atoms with Gasteiger partial charge in [0.15, 0.2) is 6.10 Å². The highest BCUT2D eigenvalue weighted by atomic mass is 16.5. The molecule has 1 amide bonds. The van der Waals surface area contributed by atoms with Gasteiger partial charge in [0, 0.05) is 38.6 Å². The van der Waals surface area contributed by atoms with Crippen LogP contribution in [0.1, 0.15) is 17.3 Å². The van der Waals surface area contributed by atoms with Gasteiger partial charge in [0.1, 0.15) is 0 Å². The number of anilines is 1. The Bertz CT molecular complexity index is 716. The lowest BCUT2D eigenvalue weighted by atomic mass is 10.2. The van der Waals surface area contributed by atoms with E-state index in [2.05, 4.69) is 9.97 Å². The molecule has 0 radical (unpaired) electrons. The number of carbonyl (C=O) groups is 2. The predicted octanol–water partition coefficient (Wildman–Crippen LogP) is 1.37. The molecule has 1 fully saturated rings. The van der Waals surface area contributed by atoms with Crippen molar-refractivity contribution in [1.29, 1.82) is 0 Å². The Hall–Kier alpha value is -2.96. The third-order valence-electron chi connectivity index (χ3n) is 4.07. The number of benzene rings is 1. The molecule has 1 atom stereocenters. The highest BCUT2D eigenvalue weighted by Crippen LogP contribution is 2.12. The van der Waals surface area contributed by atoms with Gasteiger partial charge in [-0.25, -0.2) is 14.8 Å². The first-order valence-electron chi connectivity index (χ1n) is 8.22. The largest absolute Gasteiger partial charge is 0.449 e. The molecule has 2 heterocycles. The molecule has 3 rings (SSSR count). The zero-order chi connectivity index (χ0) is 17.6. The normalized spacial score (nSPS) is 15.6. The molecule has 25 heavy (non-hydrogen) atoms. The van der Waals surface area contributed by atoms with Crippen LogP contribution in [-0.4, -0.2) is 59.0 Å². The van der Waals surface area contributed by atoms with Gasteiger partial charge < -0.3 is 14.5 Å². The van der Waals surface area contributed by atoms with Crippen LogP contribution >= 0.6 is 0 Å². The molecule has 1 saturated heterocycles. The average Bonchev–Trinajstić information content (AvgIpc) is 2.69. The molecule has 7 heteroatoms. The fourth-order valence-electron chi connectivity index (χ4n) is 2.69. The molecule has 0 aliphatic carbocycles. The number of piperazine rings is 1. The van der Waals surface area contributed by atoms with Crippen molar-refractivity contribution in [3.63, 3.8) is 0 Å². The molecule has 130 valence electrons. The predicted molar refractivity (Wildman–Crippen MR) is 92.1 cm³/mol. The highest BCUT2D eigenvalue weighted by molar-refractivity contribution is 5.92. The third kappa shape index (κ3) is 4.12. The summed E-state index contributed by atoms with van der Waals surface area (Å²) in [5.41, 5.74) is 0.438. The number of nitrogens with zero attached hydrogens (tertiary/aromatic N) is 4. The molecule has 0 unspecified atom stereocenters. The number of hydrogen-bond donors (Lipinski definition) is 0. The molecular weight excluding hydrogens is 320 g/mol. The first-order chi connectivity index (χ1) is 12.1. The van der Waals surface area contributed by atoms with Gasteiger partial charge in [-0.15, -0.1) is 0 Å². The SMILES string of the molecule is C[C@H](OC(=O)c1ccccc1)C(=O)N1CCN(c2ncccn2)CC1. The number of ether oxygens (including phenoxy) is 1. The quantitative estimate of drug-likeness (QED) is 0.783. The lowest BCUT2D eigenvalue weighted by Crippen LogP contribution is -2.52. The topological polar surface area (TPSA) is 75.6 Å². The maximum atomic E-state index is 12.5. The van der Waals surface area contributed by atoms with Crippen LogP contribution < -0.4 is 4.90 Å². The van der Waals surface area contributed by atoms with Crippen molar-refractivity contribution in [2.75, 3.05) is 31.1 Å². The number of aromatic nitrogens is 2. The molecule has 0 saturated carbocycles. The summed E-state index contributed by atoms with van der Waals surface area (Å²) < 4.78 is 5.29. The summed E-state index contributed by atoms with van der Waals surface area (Å²) in [6.07, 6.45) is 2.59. The van der Waals surface area contributed by atoms with Crippen molar-refractivity contribution in [1.82, 2.24) is 14.9 Å². The van der Waals surface area contributed by atoms with Crippen LogP contribution in [0, 0.1) is 0 Å². The van der Waals surface area contributed by atoms with E-state index >= 15 is 0 Å². The summed E-state index contributed by atoms with van der Waals surface area (Å²) in [5, 5.41) is 0. The van der Waals surface area contributed by atoms with Gasteiger partial charge in [0.25, 0.3) is 5.91 Å². The van der Waals surface area contributed by atoms with Crippen LogP contribution in [0.3, 0.4) is 0 Å². The number of esters is 1. The molecule has 2 aromatic rings. The van der Waals surface area contributed by atoms with Crippen LogP contribution in [0.5, 0.6) is 0 Å². The van der Waals surface area contributed by atoms with Gasteiger partial charge in [-0.3, -0.25) is 4.79 Å². The minimum Gasteiger partial charge on any atom is -0.449 e. The van der Waals surface area contributed by atoms with Crippen molar-refractivity contribution >= 4 is 17.8 Å². The number of rotatable bonds is 4. The van der Waals surface area contributed by atoms with E-state index < -0.39 is 12.1 Å². The second kappa shape index (κ2) is 7.74. The summed E-state index contributed by atoms with van der Waals surface area (Å²) in [7, 11) is 0. The number of carbonyl (C=O) groups excluding carboxylic acids is 2. The summed E-state index contributed by atoms with van der Waals surface area (Å²) in [6.45, 7) is 3.99. The maximum absolute atomic E-state index is 12.5. The Morgan fingerprint density at radius 2 is 1.64 bits per heavy atom. The van der Waals surface area contributed by atoms with Gasteiger partial charge >= 0.3 is 5.97 Å². The van der Waals surface area contributed by atoms with E-state index in [1.54, 1.807) is 54.5 Å². The summed E-state index contributed by atoms with van der Waals surface area (Å²) in [6, 6.07) is 10.4. The van der Waals surface area contributed by atoms with Gasteiger partial charge in [-0.05, 0) is 25.1 Å². The molecule has 0 bridgehead atoms. The van der Waals surface area contributed by atoms with E-state index in [-0.39, 0.29) is 5.91 Å². The number of amides is 1. The smallest absolute Gasteiger partial charge is 0.338 e. The van der Waals surface area contributed by atoms with Crippen molar-refractivity contribution < 1.29 is 14.3 Å². The Morgan fingerprint density at radius 1 is 1.00 bits per heavy atom. The molecule has 1 aromatic heterocycles. The van der Waals surface area contributed by atoms with E-state index in [9.17, 15) is 9.59 Å². The van der Waals surface area contributed by atoms with Crippen LogP contribution in [-0.2, 0) is 9.53 Å². The highest BCUT2D eigenvalue weighted by Gasteiger charge is 2.28. The van der Waals surface area contributed by atoms with Crippen molar-refractivity contribution in [3.05, 3.63) is 54.4 Å². The average molecular weight is 340 g/mol. The first-order valence-corrected chi connectivity index (χ1v) is 8.22. The van der Waals surface area contributed by atoms with Crippen LogP contribution in [0.25, 0.3) is 0 Å². The Morgan fingerprint density at radius 3 is 2.28 bits per heavy atom. The molecule has 0 spiro atoms. The Kier molecular flexibility index (Phi) is 5.23. The van der Waals surface area contributed by atoms with Crippen LogP contribution in [0.15, 0.2) is 48.8 Å². The minimum atomic E-state index is -0.813. The van der Waals surface area contributed by atoms with Gasteiger partial charge in [-0.2, -0.15) is 0 Å². The lowest BCUT2D eigenvalue weighted by Gasteiger charge is -2.35.